The molecule has 0 bridgehead atoms. The Morgan fingerprint density at radius 1 is 1.41 bits per heavy atom. The standard InChI is InChI=1S/C11H12FN3OS/c1-7(16)6-10-14-11(17-15-10)13-9-4-2-8(12)3-5-9/h2-5,7,16H,6H2,1H3,(H,13,14,15). The van der Waals surface area contributed by atoms with Gasteiger partial charge >= 0.3 is 0 Å². The largest absolute Gasteiger partial charge is 0.393 e. The van der Waals surface area contributed by atoms with Gasteiger partial charge < -0.3 is 10.4 Å². The number of anilines is 2. The summed E-state index contributed by atoms with van der Waals surface area (Å²) in [5.41, 5.74) is 0.756. The van der Waals surface area contributed by atoms with Gasteiger partial charge in [0.05, 0.1) is 6.10 Å². The van der Waals surface area contributed by atoms with Crippen LogP contribution in [0.15, 0.2) is 24.3 Å². The van der Waals surface area contributed by atoms with Crippen LogP contribution >= 0.6 is 11.5 Å². The molecule has 1 atom stereocenters. The smallest absolute Gasteiger partial charge is 0.207 e. The van der Waals surface area contributed by atoms with Gasteiger partial charge in [-0.3, -0.25) is 0 Å². The van der Waals surface area contributed by atoms with Crippen LogP contribution in [0.25, 0.3) is 0 Å². The van der Waals surface area contributed by atoms with Crippen molar-refractivity contribution in [2.45, 2.75) is 19.4 Å². The Balaban J connectivity index is 2.03. The van der Waals surface area contributed by atoms with Gasteiger partial charge in [0, 0.05) is 23.6 Å². The van der Waals surface area contributed by atoms with Crippen molar-refractivity contribution in [3.8, 4) is 0 Å². The summed E-state index contributed by atoms with van der Waals surface area (Å²) in [6.45, 7) is 1.69. The Bertz CT molecular complexity index is 484. The maximum atomic E-state index is 12.7. The van der Waals surface area contributed by atoms with Crippen molar-refractivity contribution in [2.24, 2.45) is 0 Å². The van der Waals surface area contributed by atoms with E-state index in [0.717, 1.165) is 5.69 Å². The van der Waals surface area contributed by atoms with Crippen LogP contribution in [0.4, 0.5) is 15.2 Å². The van der Waals surface area contributed by atoms with E-state index >= 15 is 0 Å². The molecule has 2 N–H and O–H groups in total. The molecule has 90 valence electrons. The molecule has 4 nitrogen and oxygen atoms in total. The first-order valence-electron chi connectivity index (χ1n) is 5.17. The fourth-order valence-electron chi connectivity index (χ4n) is 1.31. The molecule has 0 radical (unpaired) electrons. The summed E-state index contributed by atoms with van der Waals surface area (Å²) in [5.74, 6) is 0.331. The van der Waals surface area contributed by atoms with Crippen molar-refractivity contribution in [2.75, 3.05) is 5.32 Å². The molecule has 0 aliphatic heterocycles. The van der Waals surface area contributed by atoms with Crippen LogP contribution in [0.5, 0.6) is 0 Å². The fraction of sp³-hybridized carbons (Fsp3) is 0.273. The quantitative estimate of drug-likeness (QED) is 0.878. The van der Waals surface area contributed by atoms with Crippen molar-refractivity contribution in [3.63, 3.8) is 0 Å². The molecule has 1 heterocycles. The molecular formula is C11H12FN3OS. The highest BCUT2D eigenvalue weighted by molar-refractivity contribution is 7.09. The van der Waals surface area contributed by atoms with Crippen LogP contribution < -0.4 is 5.32 Å². The Morgan fingerprint density at radius 2 is 2.12 bits per heavy atom. The number of aliphatic hydroxyl groups excluding tert-OH is 1. The Labute approximate surface area is 102 Å². The molecule has 0 saturated carbocycles. The van der Waals surface area contributed by atoms with Crippen molar-refractivity contribution in [1.29, 1.82) is 0 Å². The van der Waals surface area contributed by atoms with Crippen molar-refractivity contribution in [3.05, 3.63) is 35.9 Å². The van der Waals surface area contributed by atoms with E-state index in [9.17, 15) is 9.50 Å². The van der Waals surface area contributed by atoms with Crippen molar-refractivity contribution in [1.82, 2.24) is 9.36 Å². The van der Waals surface area contributed by atoms with Gasteiger partial charge in [-0.15, -0.1) is 0 Å². The first-order chi connectivity index (χ1) is 8.13. The number of rotatable bonds is 4. The molecule has 0 fully saturated rings. The van der Waals surface area contributed by atoms with Gasteiger partial charge in [-0.2, -0.15) is 4.37 Å². The average molecular weight is 253 g/mol. The van der Waals surface area contributed by atoms with Gasteiger partial charge in [0.15, 0.2) is 0 Å². The molecule has 0 aliphatic rings. The molecule has 0 amide bonds. The lowest BCUT2D eigenvalue weighted by molar-refractivity contribution is 0.193. The number of aromatic nitrogens is 2. The third-order valence-corrected chi connectivity index (χ3v) is 2.71. The molecule has 2 aromatic rings. The summed E-state index contributed by atoms with van der Waals surface area (Å²) < 4.78 is 16.8. The molecule has 17 heavy (non-hydrogen) atoms. The Kier molecular flexibility index (Phi) is 3.65. The van der Waals surface area contributed by atoms with Crippen LogP contribution in [0.3, 0.4) is 0 Å². The number of hydrogen-bond donors (Lipinski definition) is 2. The minimum Gasteiger partial charge on any atom is -0.393 e. The molecule has 1 aromatic carbocycles. The van der Waals surface area contributed by atoms with E-state index in [1.807, 2.05) is 0 Å². The number of benzene rings is 1. The molecule has 1 unspecified atom stereocenters. The van der Waals surface area contributed by atoms with Gasteiger partial charge in [0.25, 0.3) is 0 Å². The maximum Gasteiger partial charge on any atom is 0.207 e. The lowest BCUT2D eigenvalue weighted by Crippen LogP contribution is -2.05. The van der Waals surface area contributed by atoms with Crippen LogP contribution in [-0.4, -0.2) is 20.6 Å². The highest BCUT2D eigenvalue weighted by Crippen LogP contribution is 2.19. The second-order valence-corrected chi connectivity index (χ2v) is 4.45. The molecule has 6 heteroatoms. The summed E-state index contributed by atoms with van der Waals surface area (Å²) in [6.07, 6.45) is -0.0232. The Morgan fingerprint density at radius 3 is 2.76 bits per heavy atom. The van der Waals surface area contributed by atoms with E-state index in [4.69, 9.17) is 0 Å². The second kappa shape index (κ2) is 5.20. The third kappa shape index (κ3) is 3.47. The second-order valence-electron chi connectivity index (χ2n) is 3.70. The molecule has 0 spiro atoms. The topological polar surface area (TPSA) is 58.0 Å². The minimum absolute atomic E-state index is 0.275. The number of nitrogens with one attached hydrogen (secondary N) is 1. The number of aliphatic hydroxyl groups is 1. The lowest BCUT2D eigenvalue weighted by Gasteiger charge is -2.01. The molecule has 0 aliphatic carbocycles. The highest BCUT2D eigenvalue weighted by atomic mass is 32.1. The summed E-state index contributed by atoms with van der Waals surface area (Å²) in [5, 5.41) is 12.9. The number of halogens is 1. The zero-order valence-electron chi connectivity index (χ0n) is 9.22. The normalized spacial score (nSPS) is 12.4. The zero-order chi connectivity index (χ0) is 12.3. The zero-order valence-corrected chi connectivity index (χ0v) is 10.0. The van der Waals surface area contributed by atoms with E-state index in [0.29, 0.717) is 17.4 Å². The minimum atomic E-state index is -0.455. The van der Waals surface area contributed by atoms with E-state index in [2.05, 4.69) is 14.7 Å². The first-order valence-corrected chi connectivity index (χ1v) is 5.94. The van der Waals surface area contributed by atoms with E-state index in [-0.39, 0.29) is 5.82 Å². The predicted molar refractivity (Wildman–Crippen MR) is 65.0 cm³/mol. The monoisotopic (exact) mass is 253 g/mol. The molecule has 0 saturated heterocycles. The van der Waals surface area contributed by atoms with Crippen LogP contribution in [0.1, 0.15) is 12.7 Å². The van der Waals surface area contributed by atoms with E-state index in [1.54, 1.807) is 19.1 Å². The summed E-state index contributed by atoms with van der Waals surface area (Å²) >= 11 is 1.21. The summed E-state index contributed by atoms with van der Waals surface area (Å²) in [6, 6.07) is 6.01. The highest BCUT2D eigenvalue weighted by Gasteiger charge is 2.06. The average Bonchev–Trinajstić information content (AvgIpc) is 2.68. The number of nitrogens with zero attached hydrogens (tertiary/aromatic N) is 2. The van der Waals surface area contributed by atoms with Gasteiger partial charge in [0.2, 0.25) is 5.13 Å². The fourth-order valence-corrected chi connectivity index (χ4v) is 1.93. The van der Waals surface area contributed by atoms with E-state index < -0.39 is 6.10 Å². The van der Waals surface area contributed by atoms with Crippen LogP contribution in [-0.2, 0) is 6.42 Å². The molecule has 2 rings (SSSR count). The number of hydrogen-bond acceptors (Lipinski definition) is 5. The van der Waals surface area contributed by atoms with Gasteiger partial charge in [-0.25, -0.2) is 9.37 Å². The Hall–Kier alpha value is -1.53. The van der Waals surface area contributed by atoms with E-state index in [1.165, 1.54) is 23.7 Å². The molecule has 1 aromatic heterocycles. The van der Waals surface area contributed by atoms with Crippen molar-refractivity contribution >= 4 is 22.4 Å². The predicted octanol–water partition coefficient (Wildman–Crippen LogP) is 2.34. The first kappa shape index (κ1) is 11.9. The summed E-state index contributed by atoms with van der Waals surface area (Å²) in [4.78, 5) is 4.21. The third-order valence-electron chi connectivity index (χ3n) is 2.04. The van der Waals surface area contributed by atoms with Crippen LogP contribution in [0, 0.1) is 5.82 Å². The van der Waals surface area contributed by atoms with Gasteiger partial charge in [-0.05, 0) is 31.2 Å². The molecular weight excluding hydrogens is 241 g/mol. The van der Waals surface area contributed by atoms with Crippen molar-refractivity contribution < 1.29 is 9.50 Å². The summed E-state index contributed by atoms with van der Waals surface area (Å²) in [7, 11) is 0. The lowest BCUT2D eigenvalue weighted by atomic mass is 10.3. The maximum absolute atomic E-state index is 12.7. The van der Waals surface area contributed by atoms with Gasteiger partial charge in [-0.1, -0.05) is 0 Å². The van der Waals surface area contributed by atoms with Crippen LogP contribution in [0.2, 0.25) is 0 Å². The van der Waals surface area contributed by atoms with Gasteiger partial charge in [0.1, 0.15) is 11.6 Å². The SMILES string of the molecule is CC(O)Cc1nsc(Nc2ccc(F)cc2)n1.